The molecule has 1 saturated carbocycles. The first kappa shape index (κ1) is 17.2. The highest BCUT2D eigenvalue weighted by atomic mass is 16.2. The van der Waals surface area contributed by atoms with Gasteiger partial charge in [-0.05, 0) is 62.4 Å². The molecule has 0 bridgehead atoms. The maximum Gasteiger partial charge on any atom is 0.251 e. The lowest BCUT2D eigenvalue weighted by atomic mass is 9.91. The van der Waals surface area contributed by atoms with Crippen LogP contribution in [0.25, 0.3) is 0 Å². The third kappa shape index (κ3) is 4.26. The lowest BCUT2D eigenvalue weighted by molar-refractivity contribution is -0.114. The first-order valence-electron chi connectivity index (χ1n) is 8.71. The Kier molecular flexibility index (Phi) is 5.16. The number of aryl methyl sites for hydroxylation is 1. The van der Waals surface area contributed by atoms with Crippen LogP contribution >= 0.6 is 0 Å². The van der Waals surface area contributed by atoms with Gasteiger partial charge in [-0.1, -0.05) is 0 Å². The van der Waals surface area contributed by atoms with Crippen LogP contribution in [-0.2, 0) is 4.79 Å². The maximum atomic E-state index is 12.6. The minimum atomic E-state index is -0.120. The summed E-state index contributed by atoms with van der Waals surface area (Å²) >= 11 is 0. The second kappa shape index (κ2) is 7.51. The van der Waals surface area contributed by atoms with Crippen LogP contribution in [0.2, 0.25) is 0 Å². The van der Waals surface area contributed by atoms with Crippen molar-refractivity contribution in [2.24, 2.45) is 0 Å². The summed E-state index contributed by atoms with van der Waals surface area (Å²) in [6.45, 7) is 3.35. The van der Waals surface area contributed by atoms with Gasteiger partial charge in [0.2, 0.25) is 5.91 Å². The van der Waals surface area contributed by atoms with Gasteiger partial charge in [0.25, 0.3) is 5.91 Å². The van der Waals surface area contributed by atoms with Gasteiger partial charge >= 0.3 is 0 Å². The smallest absolute Gasteiger partial charge is 0.251 e. The molecule has 2 amide bonds. The number of rotatable bonds is 4. The molecule has 0 aliphatic heterocycles. The number of benzene rings is 1. The van der Waals surface area contributed by atoms with Gasteiger partial charge in [0.05, 0.1) is 6.04 Å². The fraction of sp³-hybridized carbons (Fsp3) is 0.421. The average molecular weight is 340 g/mol. The van der Waals surface area contributed by atoms with E-state index in [9.17, 15) is 9.59 Å². The quantitative estimate of drug-likeness (QED) is 0.898. The number of hydrogen-bond acceptors (Lipinski definition) is 3. The monoisotopic (exact) mass is 340 g/mol. The topological polar surface area (TPSA) is 76.0 Å². The number of aromatic nitrogens is 2. The van der Waals surface area contributed by atoms with Crippen LogP contribution in [0, 0.1) is 6.92 Å². The zero-order chi connectivity index (χ0) is 17.8. The van der Waals surface area contributed by atoms with Crippen molar-refractivity contribution in [3.05, 3.63) is 47.8 Å². The van der Waals surface area contributed by atoms with Crippen LogP contribution in [0.5, 0.6) is 0 Å². The molecule has 0 unspecified atom stereocenters. The average Bonchev–Trinajstić information content (AvgIpc) is 3.09. The molecule has 1 aliphatic rings. The largest absolute Gasteiger partial charge is 0.349 e. The molecule has 0 spiro atoms. The fourth-order valence-electron chi connectivity index (χ4n) is 3.44. The van der Waals surface area contributed by atoms with E-state index in [1.165, 1.54) is 6.92 Å². The molecule has 1 heterocycles. The van der Waals surface area contributed by atoms with Crippen LogP contribution < -0.4 is 10.6 Å². The van der Waals surface area contributed by atoms with Gasteiger partial charge in [-0.3, -0.25) is 14.3 Å². The summed E-state index contributed by atoms with van der Waals surface area (Å²) in [5, 5.41) is 10.2. The number of hydrogen-bond donors (Lipinski definition) is 2. The number of amides is 2. The van der Waals surface area contributed by atoms with Crippen molar-refractivity contribution >= 4 is 17.5 Å². The van der Waals surface area contributed by atoms with E-state index in [-0.39, 0.29) is 17.9 Å². The molecule has 0 saturated heterocycles. The van der Waals surface area contributed by atoms with Crippen LogP contribution in [0.3, 0.4) is 0 Å². The van der Waals surface area contributed by atoms with Gasteiger partial charge in [-0.15, -0.1) is 0 Å². The van der Waals surface area contributed by atoms with Gasteiger partial charge in [-0.2, -0.15) is 5.10 Å². The molecule has 25 heavy (non-hydrogen) atoms. The SMILES string of the molecule is CC(=O)Nc1ccc(C(=O)NC2CCC(n3cccn3)CC2)c(C)c1. The molecular formula is C19H24N4O2. The van der Waals surface area contributed by atoms with E-state index < -0.39 is 0 Å². The van der Waals surface area contributed by atoms with Gasteiger partial charge < -0.3 is 10.6 Å². The molecule has 1 aliphatic carbocycles. The highest BCUT2D eigenvalue weighted by Gasteiger charge is 2.24. The van der Waals surface area contributed by atoms with Crippen molar-refractivity contribution in [3.63, 3.8) is 0 Å². The summed E-state index contributed by atoms with van der Waals surface area (Å²) < 4.78 is 2.02. The Hall–Kier alpha value is -2.63. The third-order valence-electron chi connectivity index (χ3n) is 4.72. The Labute approximate surface area is 147 Å². The van der Waals surface area contributed by atoms with Gasteiger partial charge in [0, 0.05) is 36.6 Å². The van der Waals surface area contributed by atoms with Crippen molar-refractivity contribution in [3.8, 4) is 0 Å². The predicted molar refractivity (Wildman–Crippen MR) is 96.5 cm³/mol. The van der Waals surface area contributed by atoms with Crippen LogP contribution in [0.15, 0.2) is 36.7 Å². The Bertz CT molecular complexity index is 747. The van der Waals surface area contributed by atoms with E-state index in [0.29, 0.717) is 17.3 Å². The Morgan fingerprint density at radius 1 is 1.20 bits per heavy atom. The first-order chi connectivity index (χ1) is 12.0. The van der Waals surface area contributed by atoms with Crippen molar-refractivity contribution in [1.29, 1.82) is 0 Å². The van der Waals surface area contributed by atoms with Crippen LogP contribution in [0.1, 0.15) is 54.6 Å². The highest BCUT2D eigenvalue weighted by molar-refractivity contribution is 5.97. The maximum absolute atomic E-state index is 12.6. The highest BCUT2D eigenvalue weighted by Crippen LogP contribution is 2.28. The minimum absolute atomic E-state index is 0.0468. The Morgan fingerprint density at radius 2 is 1.96 bits per heavy atom. The van der Waals surface area contributed by atoms with E-state index in [1.54, 1.807) is 18.3 Å². The van der Waals surface area contributed by atoms with E-state index in [0.717, 1.165) is 31.2 Å². The molecule has 6 nitrogen and oxygen atoms in total. The predicted octanol–water partition coefficient (Wildman–Crippen LogP) is 3.06. The summed E-state index contributed by atoms with van der Waals surface area (Å²) in [5.74, 6) is -0.167. The standard InChI is InChI=1S/C19H24N4O2/c1-13-12-16(21-14(2)24)6-9-18(13)19(25)22-15-4-7-17(8-5-15)23-11-3-10-20-23/h3,6,9-12,15,17H,4-5,7-8H2,1-2H3,(H,21,24)(H,22,25). The number of carbonyl (C=O) groups is 2. The lowest BCUT2D eigenvalue weighted by Gasteiger charge is -2.29. The normalized spacial score (nSPS) is 20.1. The summed E-state index contributed by atoms with van der Waals surface area (Å²) in [5.41, 5.74) is 2.22. The summed E-state index contributed by atoms with van der Waals surface area (Å²) in [7, 11) is 0. The van der Waals surface area contributed by atoms with Crippen molar-refractivity contribution in [1.82, 2.24) is 15.1 Å². The zero-order valence-corrected chi connectivity index (χ0v) is 14.7. The van der Waals surface area contributed by atoms with E-state index in [1.807, 2.05) is 29.9 Å². The molecule has 0 atom stereocenters. The molecule has 2 N–H and O–H groups in total. The molecule has 1 aromatic heterocycles. The molecule has 3 rings (SSSR count). The van der Waals surface area contributed by atoms with Crippen LogP contribution in [0.4, 0.5) is 5.69 Å². The van der Waals surface area contributed by atoms with Crippen molar-refractivity contribution < 1.29 is 9.59 Å². The van der Waals surface area contributed by atoms with E-state index >= 15 is 0 Å². The summed E-state index contributed by atoms with van der Waals surface area (Å²) in [6, 6.07) is 7.94. The Morgan fingerprint density at radius 3 is 2.56 bits per heavy atom. The lowest BCUT2D eigenvalue weighted by Crippen LogP contribution is -2.38. The van der Waals surface area contributed by atoms with Crippen molar-refractivity contribution in [2.45, 2.75) is 51.6 Å². The molecule has 1 aromatic carbocycles. The van der Waals surface area contributed by atoms with Gasteiger partial charge in [0.1, 0.15) is 0 Å². The minimum Gasteiger partial charge on any atom is -0.349 e. The second-order valence-electron chi connectivity index (χ2n) is 6.68. The third-order valence-corrected chi connectivity index (χ3v) is 4.72. The molecular weight excluding hydrogens is 316 g/mol. The molecule has 6 heteroatoms. The van der Waals surface area contributed by atoms with Crippen molar-refractivity contribution in [2.75, 3.05) is 5.32 Å². The molecule has 2 aromatic rings. The van der Waals surface area contributed by atoms with Gasteiger partial charge in [0.15, 0.2) is 0 Å². The zero-order valence-electron chi connectivity index (χ0n) is 14.7. The number of nitrogens with zero attached hydrogens (tertiary/aromatic N) is 2. The Balaban J connectivity index is 1.57. The van der Waals surface area contributed by atoms with Gasteiger partial charge in [-0.25, -0.2) is 0 Å². The second-order valence-corrected chi connectivity index (χ2v) is 6.68. The van der Waals surface area contributed by atoms with E-state index in [2.05, 4.69) is 15.7 Å². The molecule has 132 valence electrons. The number of carbonyl (C=O) groups excluding carboxylic acids is 2. The summed E-state index contributed by atoms with van der Waals surface area (Å²) in [6.07, 6.45) is 7.77. The summed E-state index contributed by atoms with van der Waals surface area (Å²) in [4.78, 5) is 23.7. The fourth-order valence-corrected chi connectivity index (χ4v) is 3.44. The van der Waals surface area contributed by atoms with E-state index in [4.69, 9.17) is 0 Å². The molecule has 0 radical (unpaired) electrons. The number of anilines is 1. The number of nitrogens with one attached hydrogen (secondary N) is 2. The molecule has 1 fully saturated rings. The first-order valence-corrected chi connectivity index (χ1v) is 8.71. The van der Waals surface area contributed by atoms with Crippen LogP contribution in [-0.4, -0.2) is 27.6 Å².